The molecule has 3 amide bonds. The van der Waals surface area contributed by atoms with Crippen LogP contribution < -0.4 is 25.5 Å². The zero-order valence-electron chi connectivity index (χ0n) is 20.0. The number of anilines is 2. The first-order chi connectivity index (χ1) is 17.7. The van der Waals surface area contributed by atoms with Gasteiger partial charge in [-0.15, -0.1) is 0 Å². The van der Waals surface area contributed by atoms with E-state index < -0.39 is 11.8 Å². The minimum atomic E-state index is -0.949. The third kappa shape index (κ3) is 8.76. The molecule has 0 heterocycles. The molecule has 3 rings (SSSR count). The van der Waals surface area contributed by atoms with Crippen LogP contribution in [-0.2, 0) is 14.4 Å². The van der Waals surface area contributed by atoms with Gasteiger partial charge in [0.1, 0.15) is 0 Å². The van der Waals surface area contributed by atoms with Crippen molar-refractivity contribution in [1.29, 1.82) is 0 Å². The summed E-state index contributed by atoms with van der Waals surface area (Å²) in [4.78, 5) is 36.4. The highest BCUT2D eigenvalue weighted by atomic mass is 127. The first-order valence-electron chi connectivity index (χ1n) is 11.1. The van der Waals surface area contributed by atoms with Crippen LogP contribution in [0, 0.1) is 10.5 Å². The third-order valence-corrected chi connectivity index (χ3v) is 5.72. The van der Waals surface area contributed by atoms with Gasteiger partial charge in [-0.3, -0.25) is 14.4 Å². The Morgan fingerprint density at radius 2 is 1.73 bits per heavy atom. The molecule has 192 valence electrons. The molecule has 0 radical (unpaired) electrons. The van der Waals surface area contributed by atoms with Crippen molar-refractivity contribution in [3.63, 3.8) is 0 Å². The SMILES string of the molecule is CCOc1cc(/C=N\NC(=O)C(=O)Nc2cccc(Cl)c2)cc(I)c1OCC(=O)Nc1ccc(C)cc1. The number of ether oxygens (including phenoxy) is 2. The number of amides is 3. The Morgan fingerprint density at radius 1 is 0.973 bits per heavy atom. The Labute approximate surface area is 232 Å². The average molecular weight is 635 g/mol. The largest absolute Gasteiger partial charge is 0.490 e. The van der Waals surface area contributed by atoms with E-state index in [0.29, 0.717) is 43.6 Å². The number of hydrogen-bond donors (Lipinski definition) is 3. The normalized spacial score (nSPS) is 10.6. The number of halogens is 2. The van der Waals surface area contributed by atoms with E-state index in [2.05, 4.69) is 43.8 Å². The monoisotopic (exact) mass is 634 g/mol. The second kappa shape index (κ2) is 13.6. The molecular formula is C26H24ClIN4O5. The fourth-order valence-corrected chi connectivity index (χ4v) is 3.98. The molecular weight excluding hydrogens is 611 g/mol. The summed E-state index contributed by atoms with van der Waals surface area (Å²) in [6.45, 7) is 3.94. The predicted octanol–water partition coefficient (Wildman–Crippen LogP) is 4.76. The van der Waals surface area contributed by atoms with E-state index >= 15 is 0 Å². The van der Waals surface area contributed by atoms with Gasteiger partial charge in [-0.25, -0.2) is 5.43 Å². The molecule has 0 aromatic heterocycles. The number of hydrazone groups is 1. The van der Waals surface area contributed by atoms with Crippen molar-refractivity contribution in [2.75, 3.05) is 23.8 Å². The van der Waals surface area contributed by atoms with Crippen molar-refractivity contribution < 1.29 is 23.9 Å². The minimum absolute atomic E-state index is 0.213. The van der Waals surface area contributed by atoms with Crippen LogP contribution in [0.4, 0.5) is 11.4 Å². The fraction of sp³-hybridized carbons (Fsp3) is 0.154. The summed E-state index contributed by atoms with van der Waals surface area (Å²) in [5, 5.41) is 9.49. The first kappa shape index (κ1) is 27.9. The van der Waals surface area contributed by atoms with E-state index in [1.165, 1.54) is 12.3 Å². The highest BCUT2D eigenvalue weighted by Crippen LogP contribution is 2.34. The van der Waals surface area contributed by atoms with Crippen LogP contribution in [0.1, 0.15) is 18.1 Å². The van der Waals surface area contributed by atoms with Crippen LogP contribution in [0.15, 0.2) is 65.8 Å². The fourth-order valence-electron chi connectivity index (χ4n) is 3.01. The van der Waals surface area contributed by atoms with E-state index in [0.717, 1.165) is 5.56 Å². The lowest BCUT2D eigenvalue weighted by atomic mass is 10.2. The van der Waals surface area contributed by atoms with E-state index in [9.17, 15) is 14.4 Å². The summed E-state index contributed by atoms with van der Waals surface area (Å²) in [6, 6.07) is 17.2. The zero-order valence-corrected chi connectivity index (χ0v) is 22.9. The molecule has 0 saturated heterocycles. The number of nitrogens with one attached hydrogen (secondary N) is 3. The number of rotatable bonds is 9. The molecule has 0 aliphatic carbocycles. The lowest BCUT2D eigenvalue weighted by Crippen LogP contribution is -2.32. The van der Waals surface area contributed by atoms with Crippen LogP contribution in [0.3, 0.4) is 0 Å². The summed E-state index contributed by atoms with van der Waals surface area (Å²) < 4.78 is 12.1. The number of carbonyl (C=O) groups is 3. The van der Waals surface area contributed by atoms with Crippen molar-refractivity contribution in [1.82, 2.24) is 5.43 Å². The molecule has 3 aromatic carbocycles. The quantitative estimate of drug-likeness (QED) is 0.136. The van der Waals surface area contributed by atoms with Crippen molar-refractivity contribution in [2.24, 2.45) is 5.10 Å². The molecule has 0 fully saturated rings. The molecule has 0 bridgehead atoms. The highest BCUT2D eigenvalue weighted by Gasteiger charge is 2.15. The van der Waals surface area contributed by atoms with Crippen LogP contribution in [0.2, 0.25) is 5.02 Å². The van der Waals surface area contributed by atoms with Crippen molar-refractivity contribution >= 4 is 69.5 Å². The second-order valence-electron chi connectivity index (χ2n) is 7.63. The van der Waals surface area contributed by atoms with Gasteiger partial charge in [0.25, 0.3) is 5.91 Å². The number of nitrogens with zero attached hydrogens (tertiary/aromatic N) is 1. The van der Waals surface area contributed by atoms with E-state index in [1.54, 1.807) is 30.3 Å². The lowest BCUT2D eigenvalue weighted by Gasteiger charge is -2.14. The molecule has 37 heavy (non-hydrogen) atoms. The number of aryl methyl sites for hydroxylation is 1. The van der Waals surface area contributed by atoms with Gasteiger partial charge in [-0.05, 0) is 84.5 Å². The Hall–Kier alpha value is -3.64. The summed E-state index contributed by atoms with van der Waals surface area (Å²) in [5.41, 5.74) is 4.91. The van der Waals surface area contributed by atoms with E-state index in [1.807, 2.05) is 38.1 Å². The van der Waals surface area contributed by atoms with Crippen LogP contribution in [0.5, 0.6) is 11.5 Å². The van der Waals surface area contributed by atoms with E-state index in [4.69, 9.17) is 21.1 Å². The Morgan fingerprint density at radius 3 is 2.43 bits per heavy atom. The predicted molar refractivity (Wildman–Crippen MR) is 151 cm³/mol. The number of benzene rings is 3. The molecule has 0 aliphatic heterocycles. The maximum atomic E-state index is 12.3. The summed E-state index contributed by atoms with van der Waals surface area (Å²) in [7, 11) is 0. The summed E-state index contributed by atoms with van der Waals surface area (Å²) in [5.74, 6) is -1.34. The highest BCUT2D eigenvalue weighted by molar-refractivity contribution is 14.1. The molecule has 0 spiro atoms. The lowest BCUT2D eigenvalue weighted by molar-refractivity contribution is -0.136. The van der Waals surface area contributed by atoms with Gasteiger partial charge in [0.2, 0.25) is 0 Å². The van der Waals surface area contributed by atoms with Crippen LogP contribution in [-0.4, -0.2) is 37.1 Å². The molecule has 3 aromatic rings. The molecule has 0 aliphatic rings. The van der Waals surface area contributed by atoms with Crippen LogP contribution >= 0.6 is 34.2 Å². The Bertz CT molecular complexity index is 1310. The van der Waals surface area contributed by atoms with Crippen molar-refractivity contribution in [3.8, 4) is 11.5 Å². The maximum Gasteiger partial charge on any atom is 0.329 e. The van der Waals surface area contributed by atoms with Gasteiger partial charge in [0, 0.05) is 16.4 Å². The van der Waals surface area contributed by atoms with Gasteiger partial charge < -0.3 is 20.1 Å². The van der Waals surface area contributed by atoms with Gasteiger partial charge in [0.05, 0.1) is 16.4 Å². The topological polar surface area (TPSA) is 118 Å². The summed E-state index contributed by atoms with van der Waals surface area (Å²) >= 11 is 7.93. The second-order valence-corrected chi connectivity index (χ2v) is 9.23. The zero-order chi connectivity index (χ0) is 26.8. The van der Waals surface area contributed by atoms with E-state index in [-0.39, 0.29) is 12.5 Å². The molecule has 0 saturated carbocycles. The maximum absolute atomic E-state index is 12.3. The van der Waals surface area contributed by atoms with Gasteiger partial charge in [0.15, 0.2) is 18.1 Å². The third-order valence-electron chi connectivity index (χ3n) is 4.68. The van der Waals surface area contributed by atoms with Gasteiger partial charge in [-0.2, -0.15) is 5.10 Å². The molecule has 11 heteroatoms. The molecule has 3 N–H and O–H groups in total. The molecule has 9 nitrogen and oxygen atoms in total. The first-order valence-corrected chi connectivity index (χ1v) is 12.6. The Balaban J connectivity index is 1.61. The van der Waals surface area contributed by atoms with Crippen LogP contribution in [0.25, 0.3) is 0 Å². The van der Waals surface area contributed by atoms with Crippen molar-refractivity contribution in [2.45, 2.75) is 13.8 Å². The Kier molecular flexibility index (Phi) is 10.3. The standard InChI is InChI=1S/C26H24ClIN4O5/c1-3-36-22-12-17(14-29-32-26(35)25(34)31-20-6-4-5-18(27)13-20)11-21(28)24(22)37-15-23(33)30-19-9-7-16(2)8-10-19/h4-14H,3,15H2,1-2H3,(H,30,33)(H,31,34)(H,32,35)/b29-14-. The number of carbonyl (C=O) groups excluding carboxylic acids is 3. The molecule has 0 atom stereocenters. The van der Waals surface area contributed by atoms with Gasteiger partial charge in [-0.1, -0.05) is 35.4 Å². The average Bonchev–Trinajstić information content (AvgIpc) is 2.85. The van der Waals surface area contributed by atoms with Gasteiger partial charge >= 0.3 is 11.8 Å². The smallest absolute Gasteiger partial charge is 0.329 e. The minimum Gasteiger partial charge on any atom is -0.490 e. The van der Waals surface area contributed by atoms with Crippen molar-refractivity contribution in [3.05, 3.63) is 80.4 Å². The molecule has 0 unspecified atom stereocenters. The summed E-state index contributed by atoms with van der Waals surface area (Å²) in [6.07, 6.45) is 1.36. The number of hydrogen-bond acceptors (Lipinski definition) is 6.